The van der Waals surface area contributed by atoms with Crippen LogP contribution in [-0.2, 0) is 4.29 Å². The van der Waals surface area contributed by atoms with Crippen molar-refractivity contribution >= 4 is 18.9 Å². The van der Waals surface area contributed by atoms with Crippen molar-refractivity contribution in [3.63, 3.8) is 0 Å². The minimum atomic E-state index is -4.18. The van der Waals surface area contributed by atoms with Crippen LogP contribution < -0.4 is 14.0 Å². The van der Waals surface area contributed by atoms with E-state index in [1.54, 1.807) is 0 Å². The molecule has 0 N–H and O–H groups in total. The van der Waals surface area contributed by atoms with Gasteiger partial charge in [0.15, 0.2) is 7.11 Å². The molecule has 6 heteroatoms. The van der Waals surface area contributed by atoms with Gasteiger partial charge in [0.05, 0.1) is 14.5 Å². The fourth-order valence-electron chi connectivity index (χ4n) is 0. The summed E-state index contributed by atoms with van der Waals surface area (Å²) in [5.74, 6) is 0. The van der Waals surface area contributed by atoms with Gasteiger partial charge in [-0.2, -0.15) is 14.0 Å². The molecule has 0 spiro atoms. The molecule has 0 heterocycles. The molecule has 0 radical (unpaired) electrons. The first-order valence-electron chi connectivity index (χ1n) is 1.03. The average molecular weight is 122 g/mol. The summed E-state index contributed by atoms with van der Waals surface area (Å²) >= 11 is 0. The van der Waals surface area contributed by atoms with E-state index in [-0.39, 0.29) is 18.9 Å². The molecule has 0 saturated heterocycles. The summed E-state index contributed by atoms with van der Waals surface area (Å²) in [7, 11) is -3.38. The first-order chi connectivity index (χ1) is 2.56. The van der Waals surface area contributed by atoms with E-state index in [1.165, 1.54) is 0 Å². The van der Waals surface area contributed by atoms with Gasteiger partial charge in [0.25, 0.3) is 0 Å². The molecule has 0 saturated carbocycles. The molecule has 0 rings (SSSR count). The second-order valence-electron chi connectivity index (χ2n) is 0.532. The SMILES string of the molecule is CO[Cl+3]([O-])([O-])[O-].[LiH]. The summed E-state index contributed by atoms with van der Waals surface area (Å²) in [6.07, 6.45) is 0. The van der Waals surface area contributed by atoms with Crippen molar-refractivity contribution in [1.29, 1.82) is 0 Å². The van der Waals surface area contributed by atoms with Crippen LogP contribution in [0.25, 0.3) is 0 Å². The second kappa shape index (κ2) is 3.70. The Balaban J connectivity index is 0. The molecule has 0 aromatic heterocycles. The van der Waals surface area contributed by atoms with Crippen LogP contribution in [0.5, 0.6) is 0 Å². The van der Waals surface area contributed by atoms with Gasteiger partial charge in [-0.25, -0.2) is 0 Å². The standard InChI is InChI=1S/CH3ClO4.Li.H/c1-6-2(3,4)5;;/h1H3;;. The first-order valence-corrected chi connectivity index (χ1v) is 2.26. The van der Waals surface area contributed by atoms with Crippen LogP contribution in [0.2, 0.25) is 0 Å². The minimum absolute atomic E-state index is 0. The Bertz CT molecular complexity index is 41.4. The average Bonchev–Trinajstić information content (AvgIpc) is 1.35. The van der Waals surface area contributed by atoms with E-state index in [9.17, 15) is 14.0 Å². The molecule has 0 aliphatic carbocycles. The number of hydrogen-bond acceptors (Lipinski definition) is 4. The molecule has 0 aromatic carbocycles. The topological polar surface area (TPSA) is 78.4 Å². The van der Waals surface area contributed by atoms with E-state index in [0.29, 0.717) is 0 Å². The van der Waals surface area contributed by atoms with Crippen LogP contribution >= 0.6 is 0 Å². The van der Waals surface area contributed by atoms with E-state index in [4.69, 9.17) is 0 Å². The zero-order valence-electron chi connectivity index (χ0n) is 3.01. The summed E-state index contributed by atoms with van der Waals surface area (Å²) in [5, 5.41) is 0. The van der Waals surface area contributed by atoms with Crippen LogP contribution in [0.4, 0.5) is 0 Å². The molecule has 0 aliphatic heterocycles. The third-order valence-electron chi connectivity index (χ3n) is 0.189. The van der Waals surface area contributed by atoms with E-state index in [0.717, 1.165) is 7.11 Å². The Morgan fingerprint density at radius 3 is 1.43 bits per heavy atom. The molecule has 40 valence electrons. The Morgan fingerprint density at radius 2 is 1.43 bits per heavy atom. The summed E-state index contributed by atoms with van der Waals surface area (Å²) in [4.78, 5) is 0. The van der Waals surface area contributed by atoms with Crippen molar-refractivity contribution in [2.75, 3.05) is 7.11 Å². The molecule has 0 fully saturated rings. The van der Waals surface area contributed by atoms with Gasteiger partial charge in [-0.15, -0.1) is 0 Å². The monoisotopic (exact) mass is 122 g/mol. The predicted molar refractivity (Wildman–Crippen MR) is 14.2 cm³/mol. The normalized spacial score (nSPS) is 10.3. The Hall–Kier alpha value is 0.727. The maximum atomic E-state index is 9.19. The third kappa shape index (κ3) is 10.8. The van der Waals surface area contributed by atoms with Gasteiger partial charge in [-0.3, -0.25) is 0 Å². The zero-order valence-corrected chi connectivity index (χ0v) is 3.77. The van der Waals surface area contributed by atoms with Gasteiger partial charge in [0, 0.05) is 0 Å². The van der Waals surface area contributed by atoms with E-state index < -0.39 is 10.2 Å². The fourth-order valence-corrected chi connectivity index (χ4v) is 0. The van der Waals surface area contributed by atoms with E-state index in [2.05, 4.69) is 4.29 Å². The van der Waals surface area contributed by atoms with Crippen molar-refractivity contribution in [3.8, 4) is 0 Å². The summed E-state index contributed by atoms with van der Waals surface area (Å²) in [6, 6.07) is 0. The van der Waals surface area contributed by atoms with Gasteiger partial charge >= 0.3 is 18.9 Å². The third-order valence-corrected chi connectivity index (χ3v) is 0.567. The van der Waals surface area contributed by atoms with E-state index >= 15 is 0 Å². The Kier molecular flexibility index (Phi) is 5.63. The quantitative estimate of drug-likeness (QED) is 0.331. The number of halogens is 1. The van der Waals surface area contributed by atoms with Crippen molar-refractivity contribution in [2.45, 2.75) is 0 Å². The maximum absolute atomic E-state index is 9.19. The zero-order chi connectivity index (χ0) is 5.21. The van der Waals surface area contributed by atoms with Gasteiger partial charge in [-0.1, -0.05) is 0 Å². The second-order valence-corrected chi connectivity index (χ2v) is 1.60. The van der Waals surface area contributed by atoms with Crippen LogP contribution in [0.15, 0.2) is 0 Å². The summed E-state index contributed by atoms with van der Waals surface area (Å²) in [6.45, 7) is 0. The fraction of sp³-hybridized carbons (Fsp3) is 1.00. The van der Waals surface area contributed by atoms with Crippen LogP contribution in [-0.4, -0.2) is 26.0 Å². The molecule has 7 heavy (non-hydrogen) atoms. The molecule has 0 aromatic rings. The predicted octanol–water partition coefficient (Wildman–Crippen LogP) is -4.12. The Morgan fingerprint density at radius 1 is 1.29 bits per heavy atom. The van der Waals surface area contributed by atoms with Crippen molar-refractivity contribution in [1.82, 2.24) is 0 Å². The molecule has 0 atom stereocenters. The van der Waals surface area contributed by atoms with E-state index in [1.807, 2.05) is 0 Å². The van der Waals surface area contributed by atoms with Crippen molar-refractivity contribution < 1.29 is 28.5 Å². The first kappa shape index (κ1) is 10.7. The van der Waals surface area contributed by atoms with Gasteiger partial charge in [0.1, 0.15) is 0 Å². The van der Waals surface area contributed by atoms with Gasteiger partial charge in [0.2, 0.25) is 0 Å². The molecule has 0 aliphatic rings. The van der Waals surface area contributed by atoms with Gasteiger partial charge in [-0.05, 0) is 0 Å². The number of hydrogen-bond donors (Lipinski definition) is 0. The van der Waals surface area contributed by atoms with Crippen molar-refractivity contribution in [3.05, 3.63) is 0 Å². The summed E-state index contributed by atoms with van der Waals surface area (Å²) < 4.78 is 30.9. The molecule has 0 amide bonds. The molecule has 0 unspecified atom stereocenters. The van der Waals surface area contributed by atoms with Crippen LogP contribution in [0, 0.1) is 10.2 Å². The summed E-state index contributed by atoms with van der Waals surface area (Å²) in [5.41, 5.74) is 0. The molecule has 4 nitrogen and oxygen atoms in total. The molecule has 0 bridgehead atoms. The number of rotatable bonds is 1. The Labute approximate surface area is 55.0 Å². The molecular weight excluding hydrogens is 118 g/mol. The van der Waals surface area contributed by atoms with Gasteiger partial charge < -0.3 is 0 Å². The van der Waals surface area contributed by atoms with Crippen LogP contribution in [0.1, 0.15) is 0 Å². The molecular formula is CH4ClLiO4. The van der Waals surface area contributed by atoms with Crippen LogP contribution in [0.3, 0.4) is 0 Å². The van der Waals surface area contributed by atoms with Crippen molar-refractivity contribution in [2.24, 2.45) is 0 Å².